The van der Waals surface area contributed by atoms with E-state index in [2.05, 4.69) is 10.3 Å². The van der Waals surface area contributed by atoms with E-state index < -0.39 is 6.09 Å². The Bertz CT molecular complexity index is 637. The van der Waals surface area contributed by atoms with Crippen LogP contribution in [0.15, 0.2) is 41.4 Å². The molecule has 2 aromatic rings. The molecule has 0 aliphatic heterocycles. The van der Waals surface area contributed by atoms with E-state index in [-0.39, 0.29) is 0 Å². The van der Waals surface area contributed by atoms with Crippen molar-refractivity contribution in [2.24, 2.45) is 0 Å². The molecule has 0 atom stereocenters. The first-order valence-corrected chi connectivity index (χ1v) is 7.03. The molecule has 0 unspecified atom stereocenters. The summed E-state index contributed by atoms with van der Waals surface area (Å²) in [6.07, 6.45) is 0.427. The van der Waals surface area contributed by atoms with E-state index in [0.717, 1.165) is 10.5 Å². The Morgan fingerprint density at radius 3 is 2.90 bits per heavy atom. The summed E-state index contributed by atoms with van der Waals surface area (Å²) in [5, 5.41) is 11.5. The lowest BCUT2D eigenvalue weighted by molar-refractivity contribution is 0.209. The molecule has 2 rings (SSSR count). The average Bonchev–Trinajstić information content (AvgIpc) is 2.37. The SMILES string of the molecule is Nc1cc(Cl)ccc1SCc1ccnc(NC(=O)O)c1. The van der Waals surface area contributed by atoms with Crippen LogP contribution in [0.5, 0.6) is 0 Å². The zero-order chi connectivity index (χ0) is 14.5. The van der Waals surface area contributed by atoms with Crippen molar-refractivity contribution in [1.29, 1.82) is 0 Å². The third kappa shape index (κ3) is 4.04. The Hall–Kier alpha value is -1.92. The first-order chi connectivity index (χ1) is 9.54. The highest BCUT2D eigenvalue weighted by atomic mass is 35.5. The Labute approximate surface area is 125 Å². The summed E-state index contributed by atoms with van der Waals surface area (Å²) >= 11 is 7.39. The van der Waals surface area contributed by atoms with Crippen LogP contribution < -0.4 is 11.1 Å². The van der Waals surface area contributed by atoms with Crippen LogP contribution >= 0.6 is 23.4 Å². The molecule has 0 aliphatic carbocycles. The lowest BCUT2D eigenvalue weighted by Gasteiger charge is -2.07. The number of pyridine rings is 1. The maximum Gasteiger partial charge on any atom is 0.410 e. The number of carboxylic acid groups (broad SMARTS) is 1. The predicted molar refractivity (Wildman–Crippen MR) is 81.3 cm³/mol. The summed E-state index contributed by atoms with van der Waals surface area (Å²) in [7, 11) is 0. The van der Waals surface area contributed by atoms with Gasteiger partial charge in [0, 0.05) is 27.6 Å². The molecule has 0 spiro atoms. The van der Waals surface area contributed by atoms with Crippen LogP contribution in [0.4, 0.5) is 16.3 Å². The van der Waals surface area contributed by atoms with Crippen molar-refractivity contribution in [3.05, 3.63) is 47.1 Å². The Morgan fingerprint density at radius 2 is 2.20 bits per heavy atom. The number of nitrogen functional groups attached to an aromatic ring is 1. The normalized spacial score (nSPS) is 10.2. The van der Waals surface area contributed by atoms with Crippen molar-refractivity contribution in [2.45, 2.75) is 10.6 Å². The minimum atomic E-state index is -1.13. The number of thioether (sulfide) groups is 1. The molecule has 1 aromatic heterocycles. The molecule has 0 radical (unpaired) electrons. The predicted octanol–water partition coefficient (Wildman–Crippen LogP) is 3.70. The van der Waals surface area contributed by atoms with Crippen molar-refractivity contribution in [3.63, 3.8) is 0 Å². The number of benzene rings is 1. The fourth-order valence-corrected chi connectivity index (χ4v) is 2.63. The van der Waals surface area contributed by atoms with Gasteiger partial charge in [0.2, 0.25) is 0 Å². The summed E-state index contributed by atoms with van der Waals surface area (Å²) in [6.45, 7) is 0. The maximum absolute atomic E-state index is 10.6. The van der Waals surface area contributed by atoms with E-state index in [4.69, 9.17) is 22.4 Å². The van der Waals surface area contributed by atoms with Crippen LogP contribution in [0.3, 0.4) is 0 Å². The van der Waals surface area contributed by atoms with Gasteiger partial charge in [-0.3, -0.25) is 5.32 Å². The van der Waals surface area contributed by atoms with E-state index in [9.17, 15) is 4.79 Å². The van der Waals surface area contributed by atoms with Crippen molar-refractivity contribution in [1.82, 2.24) is 4.98 Å². The highest BCUT2D eigenvalue weighted by Crippen LogP contribution is 2.30. The van der Waals surface area contributed by atoms with E-state index in [1.54, 1.807) is 36.2 Å². The molecule has 20 heavy (non-hydrogen) atoms. The van der Waals surface area contributed by atoms with E-state index in [0.29, 0.717) is 22.3 Å². The van der Waals surface area contributed by atoms with E-state index in [1.165, 1.54) is 0 Å². The molecule has 0 aliphatic rings. The van der Waals surface area contributed by atoms with Gasteiger partial charge in [-0.2, -0.15) is 0 Å². The maximum atomic E-state index is 10.6. The zero-order valence-corrected chi connectivity index (χ0v) is 11.9. The Balaban J connectivity index is 2.05. The van der Waals surface area contributed by atoms with Crippen molar-refractivity contribution < 1.29 is 9.90 Å². The first kappa shape index (κ1) is 14.5. The van der Waals surface area contributed by atoms with E-state index in [1.807, 2.05) is 12.1 Å². The molecule has 4 N–H and O–H groups in total. The summed E-state index contributed by atoms with van der Waals surface area (Å²) in [6, 6.07) is 8.86. The van der Waals surface area contributed by atoms with Gasteiger partial charge >= 0.3 is 6.09 Å². The number of halogens is 1. The van der Waals surface area contributed by atoms with Crippen LogP contribution in [-0.2, 0) is 5.75 Å². The fraction of sp³-hybridized carbons (Fsp3) is 0.0769. The molecule has 1 aromatic carbocycles. The number of hydrogen-bond donors (Lipinski definition) is 3. The highest BCUT2D eigenvalue weighted by molar-refractivity contribution is 7.98. The van der Waals surface area contributed by atoms with Gasteiger partial charge in [0.25, 0.3) is 0 Å². The second kappa shape index (κ2) is 6.49. The summed E-state index contributed by atoms with van der Waals surface area (Å²) in [4.78, 5) is 15.4. The second-order valence-corrected chi connectivity index (χ2v) is 5.40. The number of aromatic nitrogens is 1. The standard InChI is InChI=1S/C13H12ClN3O2S/c14-9-1-2-11(10(15)6-9)20-7-8-3-4-16-12(5-8)17-13(18)19/h1-6H,7,15H2,(H,16,17)(H,18,19). The van der Waals surface area contributed by atoms with Crippen molar-refractivity contribution in [3.8, 4) is 0 Å². The number of carbonyl (C=O) groups is 1. The number of nitrogens with two attached hydrogens (primary N) is 1. The minimum Gasteiger partial charge on any atom is -0.465 e. The molecule has 7 heteroatoms. The molecule has 0 fully saturated rings. The third-order valence-electron chi connectivity index (χ3n) is 2.43. The minimum absolute atomic E-state index is 0.305. The molecule has 0 saturated heterocycles. The van der Waals surface area contributed by atoms with Crippen LogP contribution in [0.25, 0.3) is 0 Å². The molecule has 1 amide bonds. The monoisotopic (exact) mass is 309 g/mol. The first-order valence-electron chi connectivity index (χ1n) is 5.67. The Morgan fingerprint density at radius 1 is 1.40 bits per heavy atom. The quantitative estimate of drug-likeness (QED) is 0.592. The number of hydrogen-bond acceptors (Lipinski definition) is 4. The highest BCUT2D eigenvalue weighted by Gasteiger charge is 2.04. The zero-order valence-electron chi connectivity index (χ0n) is 10.3. The number of rotatable bonds is 4. The molecule has 0 saturated carbocycles. The summed E-state index contributed by atoms with van der Waals surface area (Å²) in [5.74, 6) is 0.961. The average molecular weight is 310 g/mol. The molecule has 5 nitrogen and oxygen atoms in total. The van der Waals surface area contributed by atoms with Crippen LogP contribution in [0, 0.1) is 0 Å². The van der Waals surface area contributed by atoms with Gasteiger partial charge in [-0.1, -0.05) is 11.6 Å². The smallest absolute Gasteiger partial charge is 0.410 e. The number of nitrogens with zero attached hydrogens (tertiary/aromatic N) is 1. The third-order valence-corrected chi connectivity index (χ3v) is 3.82. The van der Waals surface area contributed by atoms with Gasteiger partial charge in [-0.25, -0.2) is 9.78 Å². The van der Waals surface area contributed by atoms with Crippen molar-refractivity contribution in [2.75, 3.05) is 11.1 Å². The van der Waals surface area contributed by atoms with Gasteiger partial charge < -0.3 is 10.8 Å². The summed E-state index contributed by atoms with van der Waals surface area (Å²) < 4.78 is 0. The second-order valence-electron chi connectivity index (χ2n) is 3.95. The van der Waals surface area contributed by atoms with Gasteiger partial charge in [0.05, 0.1) is 0 Å². The molecular formula is C13H12ClN3O2S. The van der Waals surface area contributed by atoms with E-state index >= 15 is 0 Å². The van der Waals surface area contributed by atoms with Gasteiger partial charge in [0.15, 0.2) is 0 Å². The molecular weight excluding hydrogens is 298 g/mol. The largest absolute Gasteiger partial charge is 0.465 e. The fourth-order valence-electron chi connectivity index (χ4n) is 1.55. The van der Waals surface area contributed by atoms with Gasteiger partial charge in [-0.15, -0.1) is 11.8 Å². The van der Waals surface area contributed by atoms with Crippen LogP contribution in [0.1, 0.15) is 5.56 Å². The van der Waals surface area contributed by atoms with Gasteiger partial charge in [-0.05, 0) is 35.9 Å². The van der Waals surface area contributed by atoms with Crippen LogP contribution in [-0.4, -0.2) is 16.2 Å². The van der Waals surface area contributed by atoms with Crippen molar-refractivity contribution >= 4 is 41.0 Å². The summed E-state index contributed by atoms with van der Waals surface area (Å²) in [5.41, 5.74) is 7.45. The lowest BCUT2D eigenvalue weighted by atomic mass is 10.3. The topological polar surface area (TPSA) is 88.2 Å². The molecule has 104 valence electrons. The van der Waals surface area contributed by atoms with Crippen LogP contribution in [0.2, 0.25) is 5.02 Å². The number of nitrogens with one attached hydrogen (secondary N) is 1. The number of anilines is 2. The van der Waals surface area contributed by atoms with Gasteiger partial charge in [0.1, 0.15) is 5.82 Å². The molecule has 1 heterocycles. The number of amides is 1. The lowest BCUT2D eigenvalue weighted by Crippen LogP contribution is -2.08. The molecule has 0 bridgehead atoms. The Kier molecular flexibility index (Phi) is 4.70.